The van der Waals surface area contributed by atoms with E-state index in [1.807, 2.05) is 6.92 Å². The highest BCUT2D eigenvalue weighted by Gasteiger charge is 2.32. The third-order valence-electron chi connectivity index (χ3n) is 3.11. The molecule has 0 spiro atoms. The number of nitrogens with one attached hydrogen (secondary N) is 1. The number of carbonyl (C=O) groups excluding carboxylic acids is 1. The Kier molecular flexibility index (Phi) is 4.54. The summed E-state index contributed by atoms with van der Waals surface area (Å²) >= 11 is 0. The van der Waals surface area contributed by atoms with Crippen LogP contribution in [0.5, 0.6) is 0 Å². The first kappa shape index (κ1) is 12.5. The highest BCUT2D eigenvalue weighted by molar-refractivity contribution is 5.75. The van der Waals surface area contributed by atoms with Crippen LogP contribution in [0.2, 0.25) is 0 Å². The molecule has 0 aliphatic heterocycles. The van der Waals surface area contributed by atoms with Crippen LogP contribution in [0.15, 0.2) is 0 Å². The first-order chi connectivity index (χ1) is 7.11. The molecule has 1 aliphatic carbocycles. The molecule has 4 nitrogen and oxygen atoms in total. The van der Waals surface area contributed by atoms with Crippen LogP contribution in [-0.4, -0.2) is 36.4 Å². The van der Waals surface area contributed by atoms with E-state index in [1.54, 1.807) is 0 Å². The standard InChI is InChI=1S/C11H21NO3/c1-3-9(10(13)15-2)12-8-11(14)6-4-5-7-11/h9,12,14H,3-8H2,1-2H3. The van der Waals surface area contributed by atoms with E-state index >= 15 is 0 Å². The van der Waals surface area contributed by atoms with Gasteiger partial charge in [0.1, 0.15) is 6.04 Å². The number of esters is 1. The number of hydrogen-bond donors (Lipinski definition) is 2. The molecule has 2 N–H and O–H groups in total. The lowest BCUT2D eigenvalue weighted by molar-refractivity contribution is -0.143. The third kappa shape index (κ3) is 3.47. The Morgan fingerprint density at radius 2 is 2.13 bits per heavy atom. The van der Waals surface area contributed by atoms with Gasteiger partial charge in [0, 0.05) is 6.54 Å². The highest BCUT2D eigenvalue weighted by atomic mass is 16.5. The zero-order valence-electron chi connectivity index (χ0n) is 9.58. The molecule has 1 fully saturated rings. The van der Waals surface area contributed by atoms with Crippen molar-refractivity contribution in [1.82, 2.24) is 5.32 Å². The van der Waals surface area contributed by atoms with Crippen LogP contribution >= 0.6 is 0 Å². The molecule has 0 aromatic carbocycles. The van der Waals surface area contributed by atoms with Gasteiger partial charge in [-0.2, -0.15) is 0 Å². The zero-order chi connectivity index (χ0) is 11.3. The minimum absolute atomic E-state index is 0.251. The van der Waals surface area contributed by atoms with Crippen molar-refractivity contribution in [3.8, 4) is 0 Å². The van der Waals surface area contributed by atoms with Crippen molar-refractivity contribution in [2.75, 3.05) is 13.7 Å². The van der Waals surface area contributed by atoms with Crippen LogP contribution in [0, 0.1) is 0 Å². The molecular formula is C11H21NO3. The molecule has 0 amide bonds. The predicted octanol–water partition coefficient (Wildman–Crippen LogP) is 0.833. The van der Waals surface area contributed by atoms with Crippen molar-refractivity contribution in [1.29, 1.82) is 0 Å². The van der Waals surface area contributed by atoms with E-state index in [9.17, 15) is 9.90 Å². The van der Waals surface area contributed by atoms with Crippen LogP contribution in [0.4, 0.5) is 0 Å². The molecule has 0 bridgehead atoms. The number of hydrogen-bond acceptors (Lipinski definition) is 4. The van der Waals surface area contributed by atoms with Gasteiger partial charge in [-0.1, -0.05) is 19.8 Å². The maximum atomic E-state index is 11.3. The maximum absolute atomic E-state index is 11.3. The summed E-state index contributed by atoms with van der Waals surface area (Å²) in [4.78, 5) is 11.3. The second kappa shape index (κ2) is 5.47. The van der Waals surface area contributed by atoms with E-state index in [0.29, 0.717) is 13.0 Å². The Morgan fingerprint density at radius 3 is 2.60 bits per heavy atom. The minimum Gasteiger partial charge on any atom is -0.468 e. The Morgan fingerprint density at radius 1 is 1.53 bits per heavy atom. The molecule has 15 heavy (non-hydrogen) atoms. The van der Waals surface area contributed by atoms with Crippen molar-refractivity contribution >= 4 is 5.97 Å². The van der Waals surface area contributed by atoms with Gasteiger partial charge < -0.3 is 15.2 Å². The Balaban J connectivity index is 2.36. The normalized spacial score (nSPS) is 21.3. The number of ether oxygens (including phenoxy) is 1. The monoisotopic (exact) mass is 215 g/mol. The molecule has 1 unspecified atom stereocenters. The van der Waals surface area contributed by atoms with Gasteiger partial charge in [-0.3, -0.25) is 4.79 Å². The molecule has 1 atom stereocenters. The summed E-state index contributed by atoms with van der Waals surface area (Å²) in [7, 11) is 1.39. The van der Waals surface area contributed by atoms with Crippen LogP contribution in [0.25, 0.3) is 0 Å². The largest absolute Gasteiger partial charge is 0.468 e. The molecular weight excluding hydrogens is 194 g/mol. The zero-order valence-corrected chi connectivity index (χ0v) is 9.58. The van der Waals surface area contributed by atoms with Crippen molar-refractivity contribution in [3.63, 3.8) is 0 Å². The summed E-state index contributed by atoms with van der Waals surface area (Å²) in [6, 6.07) is -0.292. The number of rotatable bonds is 5. The Hall–Kier alpha value is -0.610. The summed E-state index contributed by atoms with van der Waals surface area (Å²) < 4.78 is 4.67. The Labute approximate surface area is 91.0 Å². The van der Waals surface area contributed by atoms with Gasteiger partial charge in [0.25, 0.3) is 0 Å². The third-order valence-corrected chi connectivity index (χ3v) is 3.11. The van der Waals surface area contributed by atoms with Crippen molar-refractivity contribution < 1.29 is 14.6 Å². The molecule has 88 valence electrons. The van der Waals surface area contributed by atoms with Gasteiger partial charge in [-0.25, -0.2) is 0 Å². The van der Waals surface area contributed by atoms with Crippen LogP contribution in [0.3, 0.4) is 0 Å². The van der Waals surface area contributed by atoms with Crippen LogP contribution in [-0.2, 0) is 9.53 Å². The number of carbonyl (C=O) groups is 1. The molecule has 0 aromatic heterocycles. The van der Waals surface area contributed by atoms with Gasteiger partial charge in [0.2, 0.25) is 0 Å². The van der Waals surface area contributed by atoms with Crippen molar-refractivity contribution in [2.24, 2.45) is 0 Å². The van der Waals surface area contributed by atoms with E-state index in [0.717, 1.165) is 25.7 Å². The fourth-order valence-electron chi connectivity index (χ4n) is 2.06. The second-order valence-corrected chi connectivity index (χ2v) is 4.30. The molecule has 0 saturated heterocycles. The minimum atomic E-state index is -0.610. The lowest BCUT2D eigenvalue weighted by Gasteiger charge is -2.25. The molecule has 0 radical (unpaired) electrons. The summed E-state index contributed by atoms with van der Waals surface area (Å²) in [5.41, 5.74) is -0.610. The quantitative estimate of drug-likeness (QED) is 0.667. The average Bonchev–Trinajstić information content (AvgIpc) is 2.66. The summed E-state index contributed by atoms with van der Waals surface area (Å²) in [5, 5.41) is 13.2. The van der Waals surface area contributed by atoms with E-state index in [-0.39, 0.29) is 12.0 Å². The van der Waals surface area contributed by atoms with Gasteiger partial charge >= 0.3 is 5.97 Å². The fraction of sp³-hybridized carbons (Fsp3) is 0.909. The topological polar surface area (TPSA) is 58.6 Å². The van der Waals surface area contributed by atoms with Gasteiger partial charge in [-0.05, 0) is 19.3 Å². The van der Waals surface area contributed by atoms with Crippen LogP contribution in [0.1, 0.15) is 39.0 Å². The molecule has 4 heteroatoms. The number of methoxy groups -OCH3 is 1. The first-order valence-corrected chi connectivity index (χ1v) is 5.65. The maximum Gasteiger partial charge on any atom is 0.322 e. The van der Waals surface area contributed by atoms with Gasteiger partial charge in [0.15, 0.2) is 0 Å². The van der Waals surface area contributed by atoms with Crippen molar-refractivity contribution in [3.05, 3.63) is 0 Å². The highest BCUT2D eigenvalue weighted by Crippen LogP contribution is 2.28. The number of aliphatic hydroxyl groups is 1. The fourth-order valence-corrected chi connectivity index (χ4v) is 2.06. The molecule has 0 heterocycles. The first-order valence-electron chi connectivity index (χ1n) is 5.65. The average molecular weight is 215 g/mol. The van der Waals surface area contributed by atoms with E-state index < -0.39 is 5.60 Å². The molecule has 0 aromatic rings. The summed E-state index contributed by atoms with van der Waals surface area (Å²) in [6.45, 7) is 2.41. The van der Waals surface area contributed by atoms with Gasteiger partial charge in [0.05, 0.1) is 12.7 Å². The lowest BCUT2D eigenvalue weighted by Crippen LogP contribution is -2.46. The lowest BCUT2D eigenvalue weighted by atomic mass is 10.0. The smallest absolute Gasteiger partial charge is 0.322 e. The second-order valence-electron chi connectivity index (χ2n) is 4.30. The molecule has 1 rings (SSSR count). The summed E-state index contributed by atoms with van der Waals surface area (Å²) in [5.74, 6) is -0.251. The Bertz CT molecular complexity index is 212. The predicted molar refractivity (Wildman–Crippen MR) is 57.5 cm³/mol. The van der Waals surface area contributed by atoms with E-state index in [4.69, 9.17) is 0 Å². The molecule has 1 aliphatic rings. The summed E-state index contributed by atoms with van der Waals surface area (Å²) in [6.07, 6.45) is 4.50. The SMILES string of the molecule is CCC(NCC1(O)CCCC1)C(=O)OC. The van der Waals surface area contributed by atoms with Gasteiger partial charge in [-0.15, -0.1) is 0 Å². The molecule has 1 saturated carbocycles. The van der Waals surface area contributed by atoms with E-state index in [2.05, 4.69) is 10.1 Å². The van der Waals surface area contributed by atoms with Crippen LogP contribution < -0.4 is 5.32 Å². The van der Waals surface area contributed by atoms with E-state index in [1.165, 1.54) is 7.11 Å². The van der Waals surface area contributed by atoms with Crippen molar-refractivity contribution in [2.45, 2.75) is 50.7 Å².